The number of hydrogen-bond donors (Lipinski definition) is 0. The van der Waals surface area contributed by atoms with Crippen LogP contribution in [-0.4, -0.2) is 32.9 Å². The second-order valence-corrected chi connectivity index (χ2v) is 4.98. The molecular weight excluding hydrogens is 276 g/mol. The second-order valence-electron chi connectivity index (χ2n) is 4.98. The normalized spacial score (nSPS) is 10.7. The Labute approximate surface area is 131 Å². The van der Waals surface area contributed by atoms with E-state index in [4.69, 9.17) is 4.74 Å². The summed E-state index contributed by atoms with van der Waals surface area (Å²) in [6.07, 6.45) is 1.75. The molecule has 2 rings (SSSR count). The third-order valence-electron chi connectivity index (χ3n) is 3.16. The van der Waals surface area contributed by atoms with E-state index in [9.17, 15) is 4.79 Å². The highest BCUT2D eigenvalue weighted by atomic mass is 16.5. The van der Waals surface area contributed by atoms with Crippen molar-refractivity contribution in [1.82, 2.24) is 0 Å². The van der Waals surface area contributed by atoms with Crippen molar-refractivity contribution in [3.8, 4) is 0 Å². The fourth-order valence-corrected chi connectivity index (χ4v) is 1.97. The average molecular weight is 296 g/mol. The third kappa shape index (κ3) is 3.95. The number of rotatable bonds is 5. The van der Waals surface area contributed by atoms with Gasteiger partial charge < -0.3 is 9.64 Å². The molecule has 0 radical (unpaired) electrons. The largest absolute Gasteiger partial charge is 0.462 e. The van der Waals surface area contributed by atoms with Gasteiger partial charge >= 0.3 is 5.97 Å². The number of ether oxygens (including phenoxy) is 1. The number of nitrogens with zero attached hydrogens (tertiary/aromatic N) is 2. The van der Waals surface area contributed by atoms with Crippen molar-refractivity contribution in [1.29, 1.82) is 0 Å². The predicted molar refractivity (Wildman–Crippen MR) is 90.4 cm³/mol. The molecule has 0 N–H and O–H groups in total. The Balaban J connectivity index is 2.21. The van der Waals surface area contributed by atoms with Gasteiger partial charge in [0.15, 0.2) is 0 Å². The maximum absolute atomic E-state index is 11.9. The first-order chi connectivity index (χ1) is 10.6. The molecule has 0 spiro atoms. The molecule has 0 saturated heterocycles. The quantitative estimate of drug-likeness (QED) is 0.624. The van der Waals surface area contributed by atoms with Crippen LogP contribution in [0.4, 0.5) is 11.4 Å². The van der Waals surface area contributed by atoms with Gasteiger partial charge in [-0.2, -0.15) is 0 Å². The molecule has 2 aromatic carbocycles. The second kappa shape index (κ2) is 7.41. The van der Waals surface area contributed by atoms with Crippen LogP contribution < -0.4 is 4.90 Å². The highest BCUT2D eigenvalue weighted by Gasteiger charge is 2.10. The van der Waals surface area contributed by atoms with Gasteiger partial charge in [-0.1, -0.05) is 24.3 Å². The average Bonchev–Trinajstić information content (AvgIpc) is 2.54. The van der Waals surface area contributed by atoms with Crippen LogP contribution >= 0.6 is 0 Å². The van der Waals surface area contributed by atoms with E-state index in [2.05, 4.69) is 4.99 Å². The summed E-state index contributed by atoms with van der Waals surface area (Å²) in [5.74, 6) is -0.349. The predicted octanol–water partition coefficient (Wildman–Crippen LogP) is 3.68. The van der Waals surface area contributed by atoms with Gasteiger partial charge in [0, 0.05) is 26.0 Å². The molecule has 114 valence electrons. The summed E-state index contributed by atoms with van der Waals surface area (Å²) in [6, 6.07) is 15.2. The Morgan fingerprint density at radius 2 is 1.82 bits per heavy atom. The molecular formula is C18H20N2O2. The Bertz CT molecular complexity index is 661. The lowest BCUT2D eigenvalue weighted by Gasteiger charge is -2.11. The number of aliphatic imine (C=N–C) groups is 1. The van der Waals surface area contributed by atoms with E-state index in [0.29, 0.717) is 17.9 Å². The maximum Gasteiger partial charge on any atom is 0.340 e. The molecule has 2 aromatic rings. The van der Waals surface area contributed by atoms with Gasteiger partial charge in [0.1, 0.15) is 0 Å². The van der Waals surface area contributed by atoms with Gasteiger partial charge in [0.25, 0.3) is 0 Å². The molecule has 0 aliphatic heterocycles. The van der Waals surface area contributed by atoms with Crippen LogP contribution in [0.3, 0.4) is 0 Å². The van der Waals surface area contributed by atoms with E-state index >= 15 is 0 Å². The molecule has 22 heavy (non-hydrogen) atoms. The molecule has 4 heteroatoms. The first kappa shape index (κ1) is 15.8. The third-order valence-corrected chi connectivity index (χ3v) is 3.16. The van der Waals surface area contributed by atoms with Gasteiger partial charge in [-0.3, -0.25) is 4.99 Å². The lowest BCUT2D eigenvalue weighted by atomic mass is 10.1. The van der Waals surface area contributed by atoms with Crippen LogP contribution in [0.15, 0.2) is 53.5 Å². The molecule has 0 heterocycles. The Morgan fingerprint density at radius 3 is 2.45 bits per heavy atom. The highest BCUT2D eigenvalue weighted by Crippen LogP contribution is 2.20. The minimum absolute atomic E-state index is 0.349. The van der Waals surface area contributed by atoms with Gasteiger partial charge in [-0.15, -0.1) is 0 Å². The van der Waals surface area contributed by atoms with Crippen LogP contribution in [0.1, 0.15) is 22.8 Å². The van der Waals surface area contributed by atoms with Crippen molar-refractivity contribution in [3.05, 3.63) is 59.7 Å². The summed E-state index contributed by atoms with van der Waals surface area (Å²) in [4.78, 5) is 18.3. The number of hydrogen-bond acceptors (Lipinski definition) is 4. The Kier molecular flexibility index (Phi) is 5.31. The summed E-state index contributed by atoms with van der Waals surface area (Å²) in [5, 5.41) is 0. The molecule has 0 fully saturated rings. The standard InChI is InChI=1S/C18H20N2O2/c1-4-22-18(21)16-7-5-6-8-17(16)19-13-14-9-11-15(12-10-14)20(2)3/h5-13H,4H2,1-3H3. The van der Waals surface area contributed by atoms with E-state index in [-0.39, 0.29) is 5.97 Å². The van der Waals surface area contributed by atoms with Crippen LogP contribution in [0, 0.1) is 0 Å². The van der Waals surface area contributed by atoms with E-state index < -0.39 is 0 Å². The zero-order valence-electron chi connectivity index (χ0n) is 13.1. The first-order valence-electron chi connectivity index (χ1n) is 7.19. The molecule has 0 amide bonds. The van der Waals surface area contributed by atoms with Crippen LogP contribution in [0.5, 0.6) is 0 Å². The number of carbonyl (C=O) groups excluding carboxylic acids is 1. The van der Waals surface area contributed by atoms with Gasteiger partial charge in [0.05, 0.1) is 17.9 Å². The Hall–Kier alpha value is -2.62. The van der Waals surface area contributed by atoms with Crippen LogP contribution in [0.25, 0.3) is 0 Å². The number of carbonyl (C=O) groups is 1. The number of para-hydroxylation sites is 1. The summed E-state index contributed by atoms with van der Waals surface area (Å²) in [7, 11) is 4.00. The zero-order chi connectivity index (χ0) is 15.9. The molecule has 0 bridgehead atoms. The molecule has 0 atom stereocenters. The summed E-state index contributed by atoms with van der Waals surface area (Å²) in [6.45, 7) is 2.14. The SMILES string of the molecule is CCOC(=O)c1ccccc1N=Cc1ccc(N(C)C)cc1. The zero-order valence-corrected chi connectivity index (χ0v) is 13.1. The highest BCUT2D eigenvalue weighted by molar-refractivity contribution is 5.96. The van der Waals surface area contributed by atoms with Crippen molar-refractivity contribution in [2.45, 2.75) is 6.92 Å². The number of esters is 1. The topological polar surface area (TPSA) is 41.9 Å². The molecule has 0 unspecified atom stereocenters. The van der Waals surface area contributed by atoms with Crippen molar-refractivity contribution in [2.24, 2.45) is 4.99 Å². The van der Waals surface area contributed by atoms with Gasteiger partial charge in [0.2, 0.25) is 0 Å². The molecule has 0 aromatic heterocycles. The fourth-order valence-electron chi connectivity index (χ4n) is 1.97. The van der Waals surface area contributed by atoms with Crippen molar-refractivity contribution < 1.29 is 9.53 Å². The number of anilines is 1. The Morgan fingerprint density at radius 1 is 1.14 bits per heavy atom. The van der Waals surface area contributed by atoms with E-state index in [1.54, 1.807) is 31.3 Å². The van der Waals surface area contributed by atoms with Gasteiger partial charge in [-0.05, 0) is 36.8 Å². The van der Waals surface area contributed by atoms with E-state index in [1.807, 2.05) is 49.3 Å². The summed E-state index contributed by atoms with van der Waals surface area (Å²) in [5.41, 5.74) is 3.19. The monoisotopic (exact) mass is 296 g/mol. The van der Waals surface area contributed by atoms with Crippen molar-refractivity contribution >= 4 is 23.6 Å². The summed E-state index contributed by atoms with van der Waals surface area (Å²) >= 11 is 0. The molecule has 0 aliphatic carbocycles. The van der Waals surface area contributed by atoms with Crippen LogP contribution in [-0.2, 0) is 4.74 Å². The van der Waals surface area contributed by atoms with Gasteiger partial charge in [-0.25, -0.2) is 4.79 Å². The molecule has 0 aliphatic rings. The lowest BCUT2D eigenvalue weighted by Crippen LogP contribution is -2.08. The summed E-state index contributed by atoms with van der Waals surface area (Å²) < 4.78 is 5.04. The lowest BCUT2D eigenvalue weighted by molar-refractivity contribution is 0.0527. The smallest absolute Gasteiger partial charge is 0.340 e. The minimum Gasteiger partial charge on any atom is -0.462 e. The van der Waals surface area contributed by atoms with Crippen LogP contribution in [0.2, 0.25) is 0 Å². The minimum atomic E-state index is -0.349. The molecule has 0 saturated carbocycles. The number of benzene rings is 2. The fraction of sp³-hybridized carbons (Fsp3) is 0.222. The first-order valence-corrected chi connectivity index (χ1v) is 7.19. The van der Waals surface area contributed by atoms with Crippen molar-refractivity contribution in [3.63, 3.8) is 0 Å². The molecule has 4 nitrogen and oxygen atoms in total. The van der Waals surface area contributed by atoms with E-state index in [0.717, 1.165) is 11.3 Å². The van der Waals surface area contributed by atoms with E-state index in [1.165, 1.54) is 0 Å². The van der Waals surface area contributed by atoms with Crippen molar-refractivity contribution in [2.75, 3.05) is 25.6 Å². The maximum atomic E-state index is 11.9.